The Kier molecular flexibility index (Phi) is 6.92. The van der Waals surface area contributed by atoms with E-state index in [-0.39, 0.29) is 12.5 Å². The van der Waals surface area contributed by atoms with Crippen molar-refractivity contribution in [2.75, 3.05) is 5.32 Å². The van der Waals surface area contributed by atoms with Crippen LogP contribution in [0.15, 0.2) is 60.8 Å². The van der Waals surface area contributed by atoms with E-state index in [2.05, 4.69) is 15.6 Å². The van der Waals surface area contributed by atoms with Crippen LogP contribution in [0.4, 0.5) is 14.6 Å². The quantitative estimate of drug-likeness (QED) is 0.497. The van der Waals surface area contributed by atoms with E-state index in [9.17, 15) is 13.6 Å². The van der Waals surface area contributed by atoms with Crippen LogP contribution >= 0.6 is 0 Å². The first-order chi connectivity index (χ1) is 16.6. The van der Waals surface area contributed by atoms with Gasteiger partial charge in [0.2, 0.25) is 0 Å². The fourth-order valence-electron chi connectivity index (χ4n) is 3.67. The summed E-state index contributed by atoms with van der Waals surface area (Å²) in [5, 5.41) is 5.93. The molecule has 1 saturated heterocycles. The highest BCUT2D eigenvalue weighted by atomic mass is 19.2. The van der Waals surface area contributed by atoms with Crippen LogP contribution in [-0.4, -0.2) is 29.2 Å². The Bertz CT molecular complexity index is 1220. The lowest BCUT2D eigenvalue weighted by molar-refractivity contribution is 0.00578. The van der Waals surface area contributed by atoms with Gasteiger partial charge >= 0.3 is 7.12 Å². The molecule has 1 aliphatic heterocycles. The van der Waals surface area contributed by atoms with E-state index in [0.29, 0.717) is 23.5 Å². The number of hydrogen-bond donors (Lipinski definition) is 2. The maximum Gasteiger partial charge on any atom is 0.494 e. The fourth-order valence-corrected chi connectivity index (χ4v) is 3.67. The number of pyridine rings is 1. The Morgan fingerprint density at radius 3 is 2.34 bits per heavy atom. The highest BCUT2D eigenvalue weighted by Crippen LogP contribution is 2.36. The summed E-state index contributed by atoms with van der Waals surface area (Å²) in [5.74, 6) is -1.85. The number of carbonyl (C=O) groups is 1. The number of aromatic nitrogens is 1. The van der Waals surface area contributed by atoms with Crippen molar-refractivity contribution in [3.8, 4) is 0 Å². The van der Waals surface area contributed by atoms with Crippen LogP contribution in [0, 0.1) is 11.6 Å². The Morgan fingerprint density at radius 2 is 1.63 bits per heavy atom. The van der Waals surface area contributed by atoms with Crippen LogP contribution in [0.5, 0.6) is 0 Å². The van der Waals surface area contributed by atoms with Gasteiger partial charge in [-0.15, -0.1) is 0 Å². The number of halogens is 2. The minimum atomic E-state index is -0.955. The third-order valence-corrected chi connectivity index (χ3v) is 6.43. The summed E-state index contributed by atoms with van der Waals surface area (Å²) in [6.45, 7) is 8.53. The maximum absolute atomic E-state index is 13.4. The monoisotopic (exact) mass is 479 g/mol. The van der Waals surface area contributed by atoms with Gasteiger partial charge < -0.3 is 19.9 Å². The van der Waals surface area contributed by atoms with Crippen LogP contribution in [-0.2, 0) is 22.4 Å². The summed E-state index contributed by atoms with van der Waals surface area (Å²) in [6, 6.07) is 14.7. The van der Waals surface area contributed by atoms with E-state index in [1.54, 1.807) is 18.3 Å². The van der Waals surface area contributed by atoms with Gasteiger partial charge in [-0.3, -0.25) is 4.79 Å². The van der Waals surface area contributed by atoms with Gasteiger partial charge in [0.15, 0.2) is 11.6 Å². The molecule has 2 heterocycles. The second-order valence-corrected chi connectivity index (χ2v) is 9.52. The zero-order chi connectivity index (χ0) is 25.2. The zero-order valence-electron chi connectivity index (χ0n) is 20.2. The van der Waals surface area contributed by atoms with Crippen molar-refractivity contribution in [1.82, 2.24) is 10.3 Å². The molecule has 1 fully saturated rings. The summed E-state index contributed by atoms with van der Waals surface area (Å²) in [4.78, 5) is 17.1. The number of benzene rings is 2. The lowest BCUT2D eigenvalue weighted by atomic mass is 9.78. The molecule has 0 aliphatic carbocycles. The van der Waals surface area contributed by atoms with E-state index >= 15 is 0 Å². The second-order valence-electron chi connectivity index (χ2n) is 9.52. The van der Waals surface area contributed by atoms with Crippen molar-refractivity contribution in [3.05, 3.63) is 89.1 Å². The van der Waals surface area contributed by atoms with Gasteiger partial charge in [0.1, 0.15) is 5.82 Å². The zero-order valence-corrected chi connectivity index (χ0v) is 20.2. The Hall–Kier alpha value is -3.30. The van der Waals surface area contributed by atoms with E-state index in [1.165, 1.54) is 6.07 Å². The van der Waals surface area contributed by atoms with Gasteiger partial charge in [-0.25, -0.2) is 13.8 Å². The van der Waals surface area contributed by atoms with E-state index in [0.717, 1.165) is 23.2 Å². The molecule has 0 radical (unpaired) electrons. The average molecular weight is 479 g/mol. The fraction of sp³-hybridized carbons (Fsp3) is 0.308. The molecule has 0 spiro atoms. The standard InChI is InChI=1S/C26H28BF2N3O3/c1-25(2)26(3,4)35-27(34-25)19-8-5-7-17(13-19)15-31-23-20(9-6-12-30-23)24(33)32-16-18-10-11-21(28)22(29)14-18/h5-14H,15-16H2,1-4H3,(H,30,31)(H,32,33). The molecule has 3 aromatic rings. The first kappa shape index (κ1) is 24.8. The lowest BCUT2D eigenvalue weighted by Gasteiger charge is -2.32. The molecule has 0 saturated carbocycles. The maximum atomic E-state index is 13.4. The molecule has 1 amide bonds. The topological polar surface area (TPSA) is 72.5 Å². The SMILES string of the molecule is CC1(C)OB(c2cccc(CNc3ncccc3C(=O)NCc3ccc(F)c(F)c3)c2)OC1(C)C. The molecule has 35 heavy (non-hydrogen) atoms. The van der Waals surface area contributed by atoms with E-state index in [4.69, 9.17) is 9.31 Å². The predicted molar refractivity (Wildman–Crippen MR) is 131 cm³/mol. The Morgan fingerprint density at radius 1 is 0.914 bits per heavy atom. The molecule has 2 aromatic carbocycles. The average Bonchev–Trinajstić information content (AvgIpc) is 3.05. The summed E-state index contributed by atoms with van der Waals surface area (Å²) in [5.41, 5.74) is 1.82. The molecule has 1 aromatic heterocycles. The summed E-state index contributed by atoms with van der Waals surface area (Å²) in [6.07, 6.45) is 1.59. The summed E-state index contributed by atoms with van der Waals surface area (Å²) < 4.78 is 38.8. The minimum absolute atomic E-state index is 0.0560. The van der Waals surface area contributed by atoms with Crippen LogP contribution in [0.3, 0.4) is 0 Å². The smallest absolute Gasteiger partial charge is 0.399 e. The van der Waals surface area contributed by atoms with Crippen LogP contribution in [0.1, 0.15) is 49.2 Å². The first-order valence-electron chi connectivity index (χ1n) is 11.4. The van der Waals surface area contributed by atoms with Gasteiger partial charge in [0.05, 0.1) is 16.8 Å². The Balaban J connectivity index is 1.42. The van der Waals surface area contributed by atoms with Crippen molar-refractivity contribution in [1.29, 1.82) is 0 Å². The number of hydrogen-bond acceptors (Lipinski definition) is 5. The van der Waals surface area contributed by atoms with Crippen molar-refractivity contribution < 1.29 is 22.9 Å². The molecule has 0 atom stereocenters. The van der Waals surface area contributed by atoms with Gasteiger partial charge in [0, 0.05) is 19.3 Å². The Labute approximate surface area is 204 Å². The van der Waals surface area contributed by atoms with Crippen LogP contribution in [0.25, 0.3) is 0 Å². The van der Waals surface area contributed by atoms with Gasteiger partial charge in [-0.1, -0.05) is 30.3 Å². The number of anilines is 1. The van der Waals surface area contributed by atoms with E-state index in [1.807, 2.05) is 52.0 Å². The lowest BCUT2D eigenvalue weighted by Crippen LogP contribution is -2.41. The third kappa shape index (κ3) is 5.52. The molecule has 1 aliphatic rings. The van der Waals surface area contributed by atoms with Crippen molar-refractivity contribution in [2.24, 2.45) is 0 Å². The molecular weight excluding hydrogens is 451 g/mol. The second kappa shape index (κ2) is 9.75. The van der Waals surface area contributed by atoms with Gasteiger partial charge in [-0.05, 0) is 68.6 Å². The van der Waals surface area contributed by atoms with Crippen LogP contribution in [0.2, 0.25) is 0 Å². The highest BCUT2D eigenvalue weighted by molar-refractivity contribution is 6.62. The number of rotatable bonds is 7. The van der Waals surface area contributed by atoms with E-state index < -0.39 is 30.0 Å². The molecule has 0 bridgehead atoms. The number of amides is 1. The largest absolute Gasteiger partial charge is 0.494 e. The summed E-state index contributed by atoms with van der Waals surface area (Å²) in [7, 11) is -0.465. The number of nitrogens with one attached hydrogen (secondary N) is 2. The predicted octanol–water partition coefficient (Wildman–Crippen LogP) is 4.20. The van der Waals surface area contributed by atoms with Gasteiger partial charge in [0.25, 0.3) is 5.91 Å². The number of carbonyl (C=O) groups excluding carboxylic acids is 1. The normalized spacial score (nSPS) is 16.2. The third-order valence-electron chi connectivity index (χ3n) is 6.43. The van der Waals surface area contributed by atoms with Crippen molar-refractivity contribution >= 4 is 24.3 Å². The number of nitrogens with zero attached hydrogens (tertiary/aromatic N) is 1. The molecular formula is C26H28BF2N3O3. The molecule has 6 nitrogen and oxygen atoms in total. The molecule has 0 unspecified atom stereocenters. The molecule has 182 valence electrons. The minimum Gasteiger partial charge on any atom is -0.399 e. The van der Waals surface area contributed by atoms with Gasteiger partial charge in [-0.2, -0.15) is 0 Å². The van der Waals surface area contributed by atoms with Crippen LogP contribution < -0.4 is 16.1 Å². The highest BCUT2D eigenvalue weighted by Gasteiger charge is 2.51. The van der Waals surface area contributed by atoms with Crippen molar-refractivity contribution in [3.63, 3.8) is 0 Å². The van der Waals surface area contributed by atoms with Crippen molar-refractivity contribution in [2.45, 2.75) is 52.0 Å². The first-order valence-corrected chi connectivity index (χ1v) is 11.4. The molecule has 9 heteroatoms. The molecule has 2 N–H and O–H groups in total. The summed E-state index contributed by atoms with van der Waals surface area (Å²) >= 11 is 0. The molecule has 4 rings (SSSR count).